The first-order valence-electron chi connectivity index (χ1n) is 7.30. The summed E-state index contributed by atoms with van der Waals surface area (Å²) in [6, 6.07) is 9.65. The van der Waals surface area contributed by atoms with Crippen LogP contribution in [0.1, 0.15) is 11.3 Å². The molecule has 1 aromatic heterocycles. The summed E-state index contributed by atoms with van der Waals surface area (Å²) in [6.45, 7) is 1.89. The minimum Gasteiger partial charge on any atom is -0.368 e. The van der Waals surface area contributed by atoms with Crippen LogP contribution in [-0.4, -0.2) is 21.5 Å². The molecule has 0 aliphatic carbocycles. The van der Waals surface area contributed by atoms with Crippen molar-refractivity contribution in [3.8, 4) is 11.3 Å². The van der Waals surface area contributed by atoms with Gasteiger partial charge in [0.1, 0.15) is 6.04 Å². The molecule has 0 spiro atoms. The van der Waals surface area contributed by atoms with Crippen LogP contribution in [0.15, 0.2) is 35.1 Å². The number of carbonyl (C=O) groups is 1. The van der Waals surface area contributed by atoms with E-state index in [-0.39, 0.29) is 17.5 Å². The number of benzene rings is 1. The third-order valence-electron chi connectivity index (χ3n) is 3.34. The Bertz CT molecular complexity index is 748. The highest BCUT2D eigenvalue weighted by Crippen LogP contribution is 2.55. The van der Waals surface area contributed by atoms with Crippen LogP contribution in [0.4, 0.5) is 5.95 Å². The van der Waals surface area contributed by atoms with Crippen LogP contribution in [0.25, 0.3) is 11.3 Å². The average molecular weight is 446 g/mol. The van der Waals surface area contributed by atoms with Crippen molar-refractivity contribution in [3.05, 3.63) is 41.6 Å². The molecule has 11 heteroatoms. The van der Waals surface area contributed by atoms with E-state index in [1.54, 1.807) is 0 Å². The molecule has 25 heavy (non-hydrogen) atoms. The van der Waals surface area contributed by atoms with E-state index in [1.807, 2.05) is 37.3 Å². The van der Waals surface area contributed by atoms with Crippen molar-refractivity contribution in [2.24, 2.45) is 4.74 Å². The molecule has 0 saturated carbocycles. The molecule has 0 radical (unpaired) electrons. The Morgan fingerprint density at radius 2 is 2.04 bits per heavy atom. The first-order chi connectivity index (χ1) is 11.9. The zero-order chi connectivity index (χ0) is 18.4. The fourth-order valence-corrected chi connectivity index (χ4v) is 5.45. The number of nitrogens with zero attached hydrogens (tertiary/aromatic N) is 3. The number of anilines is 1. The predicted molar refractivity (Wildman–Crippen MR) is 123 cm³/mol. The van der Waals surface area contributed by atoms with E-state index in [2.05, 4.69) is 41.5 Å². The topological polar surface area (TPSA) is 81.2 Å². The highest BCUT2D eigenvalue weighted by atomic mass is 32.4. The molecule has 2 N–H and O–H groups in total. The molecule has 5 nitrogen and oxygen atoms in total. The van der Waals surface area contributed by atoms with Gasteiger partial charge in [-0.05, 0) is 26.5 Å². The van der Waals surface area contributed by atoms with E-state index < -0.39 is 7.30 Å². The third kappa shape index (κ3) is 6.60. The molecule has 0 aliphatic rings. The van der Waals surface area contributed by atoms with Gasteiger partial charge in [0.05, 0.1) is 5.69 Å². The van der Waals surface area contributed by atoms with Crippen LogP contribution in [0.5, 0.6) is 0 Å². The minimum atomic E-state index is -0.802. The van der Waals surface area contributed by atoms with Gasteiger partial charge >= 0.3 is 0 Å². The summed E-state index contributed by atoms with van der Waals surface area (Å²) >= 11 is 0. The molecule has 132 valence electrons. The molecule has 2 aromatic rings. The summed E-state index contributed by atoms with van der Waals surface area (Å²) in [4.78, 5) is 20.7. The molecule has 1 heterocycles. The average Bonchev–Trinajstić information content (AvgIpc) is 2.57. The predicted octanol–water partition coefficient (Wildman–Crippen LogP) is 5.05. The zero-order valence-electron chi connectivity index (χ0n) is 13.6. The molecule has 0 amide bonds. The van der Waals surface area contributed by atoms with Gasteiger partial charge in [0.25, 0.3) is 0 Å². The van der Waals surface area contributed by atoms with Crippen LogP contribution in [0.3, 0.4) is 0 Å². The second-order valence-corrected chi connectivity index (χ2v) is 16.0. The van der Waals surface area contributed by atoms with Crippen molar-refractivity contribution in [3.63, 3.8) is 0 Å². The fourth-order valence-electron chi connectivity index (χ4n) is 2.23. The Morgan fingerprint density at radius 1 is 1.36 bits per heavy atom. The second-order valence-electron chi connectivity index (χ2n) is 5.26. The summed E-state index contributed by atoms with van der Waals surface area (Å²) in [5.41, 5.74) is 9.60. The lowest BCUT2D eigenvalue weighted by Crippen LogP contribution is -2.16. The maximum absolute atomic E-state index is 12.4. The number of nitrogen functional groups attached to an aromatic ring is 1. The summed E-state index contributed by atoms with van der Waals surface area (Å²) in [5, 5.41) is 0. The fraction of sp³-hybridized carbons (Fsp3) is 0.214. The largest absolute Gasteiger partial charge is 0.368 e. The molecular formula is C14H20N4OP6. The quantitative estimate of drug-likeness (QED) is 0.604. The number of rotatable bonds is 7. The molecule has 0 saturated heterocycles. The zero-order valence-corrected chi connectivity index (χ0v) is 19.9. The van der Waals surface area contributed by atoms with Gasteiger partial charge in [-0.3, -0.25) is 9.54 Å². The van der Waals surface area contributed by atoms with E-state index in [0.29, 0.717) is 14.4 Å². The first kappa shape index (κ1) is 21.3. The van der Waals surface area contributed by atoms with Gasteiger partial charge in [0, 0.05) is 33.0 Å². The number of aryl methyl sites for hydroxylation is 1. The molecular weight excluding hydrogens is 426 g/mol. The van der Waals surface area contributed by atoms with Gasteiger partial charge in [0.15, 0.2) is 5.52 Å². The maximum Gasteiger partial charge on any atom is 0.220 e. The van der Waals surface area contributed by atoms with E-state index in [9.17, 15) is 4.79 Å². The van der Waals surface area contributed by atoms with Crippen LogP contribution in [-0.2, 0) is 11.2 Å². The number of nitrogens with two attached hydrogens (primary N) is 1. The number of hydrogen-bond donors (Lipinski definition) is 1. The lowest BCUT2D eigenvalue weighted by molar-refractivity contribution is -0.112. The van der Waals surface area contributed by atoms with Crippen molar-refractivity contribution in [2.45, 2.75) is 19.4 Å². The summed E-state index contributed by atoms with van der Waals surface area (Å²) in [5.74, 6) is 0.273. The normalized spacial score (nSPS) is 13.2. The standard InChI is InChI=1S/C14H20N4OP6/c1-8-6-11(17-14(15)16-8)10-4-2-9(3-5-10)7-12(18-23-24-20)13(19)25(21)22/h2-6,12,24H,7,20-22H2,1H3,(H2,15,16,17)/t12-/m1/s1. The summed E-state index contributed by atoms with van der Waals surface area (Å²) in [6.07, 6.45) is 0.619. The Labute approximate surface area is 159 Å². The molecule has 1 aromatic carbocycles. The highest BCUT2D eigenvalue weighted by molar-refractivity contribution is 8.50. The van der Waals surface area contributed by atoms with Crippen molar-refractivity contribution < 1.29 is 4.79 Å². The number of carbonyl (C=O) groups excluding carboxylic acids is 1. The summed E-state index contributed by atoms with van der Waals surface area (Å²) in [7, 11) is 8.60. The van der Waals surface area contributed by atoms with Crippen LogP contribution >= 0.6 is 50.1 Å². The lowest BCUT2D eigenvalue weighted by atomic mass is 10.0. The third-order valence-corrected chi connectivity index (χ3v) is 7.92. The van der Waals surface area contributed by atoms with Gasteiger partial charge in [0.2, 0.25) is 5.95 Å². The molecule has 4 unspecified atom stereocenters. The van der Waals surface area contributed by atoms with Gasteiger partial charge in [-0.15, -0.1) is 8.93 Å². The van der Waals surface area contributed by atoms with Gasteiger partial charge in [-0.1, -0.05) is 42.1 Å². The molecule has 0 aliphatic heterocycles. The Kier molecular flexibility index (Phi) is 8.85. The second kappa shape index (κ2) is 10.4. The van der Waals surface area contributed by atoms with Gasteiger partial charge in [-0.25, -0.2) is 9.97 Å². The van der Waals surface area contributed by atoms with E-state index in [0.717, 1.165) is 30.6 Å². The van der Waals surface area contributed by atoms with Crippen molar-refractivity contribution >= 4 is 61.6 Å². The Hall–Kier alpha value is 0.0200. The van der Waals surface area contributed by atoms with Crippen LogP contribution in [0, 0.1) is 6.92 Å². The van der Waals surface area contributed by atoms with Gasteiger partial charge < -0.3 is 5.73 Å². The highest BCUT2D eigenvalue weighted by Gasteiger charge is 2.21. The molecule has 5 atom stereocenters. The Morgan fingerprint density at radius 3 is 2.60 bits per heavy atom. The number of hydrogen-bond acceptors (Lipinski definition) is 5. The summed E-state index contributed by atoms with van der Waals surface area (Å²) < 4.78 is 4.53. The van der Waals surface area contributed by atoms with Crippen LogP contribution in [0.2, 0.25) is 0 Å². The van der Waals surface area contributed by atoms with Crippen molar-refractivity contribution in [1.29, 1.82) is 0 Å². The minimum absolute atomic E-state index is 0.184. The smallest absolute Gasteiger partial charge is 0.220 e. The number of aromatic nitrogens is 2. The SMILES string of the molecule is Cc1cc(-c2ccc(C[C@@H](/N=P\PP)C(=O)P(P)P)cc2)nc(N)n1. The van der Waals surface area contributed by atoms with E-state index >= 15 is 0 Å². The first-order valence-corrected chi connectivity index (χ1v) is 16.4. The van der Waals surface area contributed by atoms with E-state index in [4.69, 9.17) is 5.73 Å². The molecule has 2 rings (SSSR count). The van der Waals surface area contributed by atoms with E-state index in [1.165, 1.54) is 0 Å². The van der Waals surface area contributed by atoms with Crippen LogP contribution < -0.4 is 5.73 Å². The maximum atomic E-state index is 12.4. The van der Waals surface area contributed by atoms with Crippen molar-refractivity contribution in [1.82, 2.24) is 9.97 Å². The molecule has 0 fully saturated rings. The monoisotopic (exact) mass is 446 g/mol. The van der Waals surface area contributed by atoms with Crippen molar-refractivity contribution in [2.75, 3.05) is 5.73 Å². The molecule has 0 bridgehead atoms. The lowest BCUT2D eigenvalue weighted by Gasteiger charge is -2.13. The Balaban J connectivity index is 2.20. The van der Waals surface area contributed by atoms with Gasteiger partial charge in [-0.2, -0.15) is 0 Å².